The molecule has 2 aromatic rings. The lowest BCUT2D eigenvalue weighted by Crippen LogP contribution is -2.47. The summed E-state index contributed by atoms with van der Waals surface area (Å²) < 4.78 is 13.0. The van der Waals surface area contributed by atoms with Gasteiger partial charge >= 0.3 is 0 Å². The number of hydrogen-bond acceptors (Lipinski definition) is 3. The van der Waals surface area contributed by atoms with Gasteiger partial charge in [0.05, 0.1) is 0 Å². The average molecular weight is 371 g/mol. The van der Waals surface area contributed by atoms with E-state index < -0.39 is 11.9 Å². The summed E-state index contributed by atoms with van der Waals surface area (Å²) in [6.45, 7) is 6.03. The number of hydrogen-bond donors (Lipinski definition) is 2. The normalized spacial score (nSPS) is 12.3. The molecule has 27 heavy (non-hydrogen) atoms. The Labute approximate surface area is 159 Å². The molecule has 2 amide bonds. The number of nitrogens with one attached hydrogen (secondary N) is 2. The van der Waals surface area contributed by atoms with Gasteiger partial charge in [-0.25, -0.2) is 9.37 Å². The number of carbonyl (C=O) groups excluding carboxylic acids is 2. The second-order valence-electron chi connectivity index (χ2n) is 7.72. The Hall–Kier alpha value is -2.76. The Morgan fingerprint density at radius 1 is 1.11 bits per heavy atom. The largest absolute Gasteiger partial charge is 0.357 e. The summed E-state index contributed by atoms with van der Waals surface area (Å²) in [7, 11) is 1.55. The van der Waals surface area contributed by atoms with Crippen molar-refractivity contribution >= 4 is 11.8 Å². The van der Waals surface area contributed by atoms with Gasteiger partial charge in [-0.2, -0.15) is 0 Å². The second kappa shape index (κ2) is 8.75. The van der Waals surface area contributed by atoms with E-state index >= 15 is 0 Å². The van der Waals surface area contributed by atoms with Crippen molar-refractivity contribution in [3.63, 3.8) is 0 Å². The van der Waals surface area contributed by atoms with E-state index in [-0.39, 0.29) is 22.8 Å². The van der Waals surface area contributed by atoms with Crippen molar-refractivity contribution in [1.29, 1.82) is 0 Å². The van der Waals surface area contributed by atoms with Crippen LogP contribution in [0, 0.1) is 11.2 Å². The standard InChI is InChI=1S/C21H26FN3O2/c1-21(2,3)13-18(19(26)23-4)25-20(27)17-7-5-6-16(24-17)12-14-8-10-15(22)11-9-14/h5-11,18H,12-13H2,1-4H3,(H,23,26)(H,25,27)/t18-/m0/s1. The van der Waals surface area contributed by atoms with Crippen LogP contribution in [0.4, 0.5) is 4.39 Å². The van der Waals surface area contributed by atoms with E-state index in [4.69, 9.17) is 0 Å². The van der Waals surface area contributed by atoms with Crippen LogP contribution in [0.3, 0.4) is 0 Å². The van der Waals surface area contributed by atoms with E-state index in [9.17, 15) is 14.0 Å². The van der Waals surface area contributed by atoms with Crippen molar-refractivity contribution in [2.75, 3.05) is 7.05 Å². The lowest BCUT2D eigenvalue weighted by Gasteiger charge is -2.25. The first-order valence-electron chi connectivity index (χ1n) is 8.91. The highest BCUT2D eigenvalue weighted by atomic mass is 19.1. The molecular weight excluding hydrogens is 345 g/mol. The van der Waals surface area contributed by atoms with Gasteiger partial charge in [-0.3, -0.25) is 9.59 Å². The van der Waals surface area contributed by atoms with Gasteiger partial charge < -0.3 is 10.6 Å². The van der Waals surface area contributed by atoms with E-state index in [1.807, 2.05) is 26.8 Å². The van der Waals surface area contributed by atoms with Gasteiger partial charge in [-0.05, 0) is 41.7 Å². The number of nitrogens with zero attached hydrogens (tertiary/aromatic N) is 1. The molecule has 1 heterocycles. The summed E-state index contributed by atoms with van der Waals surface area (Å²) in [4.78, 5) is 29.1. The Morgan fingerprint density at radius 3 is 2.37 bits per heavy atom. The smallest absolute Gasteiger partial charge is 0.270 e. The highest BCUT2D eigenvalue weighted by Gasteiger charge is 2.26. The molecular formula is C21H26FN3O2. The van der Waals surface area contributed by atoms with E-state index in [1.165, 1.54) is 12.1 Å². The number of amides is 2. The predicted octanol–water partition coefficient (Wildman–Crippen LogP) is 3.09. The fraction of sp³-hybridized carbons (Fsp3) is 0.381. The van der Waals surface area contributed by atoms with Gasteiger partial charge in [-0.1, -0.05) is 39.0 Å². The molecule has 1 atom stereocenters. The maximum Gasteiger partial charge on any atom is 0.270 e. The molecule has 6 heteroatoms. The SMILES string of the molecule is CNC(=O)[C@H](CC(C)(C)C)NC(=O)c1cccc(Cc2ccc(F)cc2)n1. The zero-order valence-corrected chi connectivity index (χ0v) is 16.2. The Morgan fingerprint density at radius 2 is 1.78 bits per heavy atom. The Balaban J connectivity index is 2.13. The van der Waals surface area contributed by atoms with Crippen LogP contribution in [-0.2, 0) is 11.2 Å². The fourth-order valence-electron chi connectivity index (χ4n) is 2.74. The number of benzene rings is 1. The lowest BCUT2D eigenvalue weighted by molar-refractivity contribution is -0.123. The number of pyridine rings is 1. The van der Waals surface area contributed by atoms with Gasteiger partial charge in [0.2, 0.25) is 5.91 Å². The van der Waals surface area contributed by atoms with Crippen molar-refractivity contribution in [3.05, 3.63) is 65.2 Å². The maximum absolute atomic E-state index is 13.0. The van der Waals surface area contributed by atoms with Crippen molar-refractivity contribution < 1.29 is 14.0 Å². The summed E-state index contributed by atoms with van der Waals surface area (Å²) in [6.07, 6.45) is 0.996. The Bertz CT molecular complexity index is 798. The number of likely N-dealkylation sites (N-methyl/N-ethyl adjacent to an activating group) is 1. The molecule has 2 rings (SSSR count). The van der Waals surface area contributed by atoms with Gasteiger partial charge in [0.15, 0.2) is 0 Å². The van der Waals surface area contributed by atoms with Gasteiger partial charge in [0, 0.05) is 19.2 Å². The number of halogens is 1. The molecule has 144 valence electrons. The third kappa shape index (κ3) is 6.47. The summed E-state index contributed by atoms with van der Waals surface area (Å²) in [6, 6.07) is 10.7. The first-order valence-corrected chi connectivity index (χ1v) is 8.91. The first-order chi connectivity index (χ1) is 12.7. The molecule has 0 bridgehead atoms. The average Bonchev–Trinajstić information content (AvgIpc) is 2.61. The number of aromatic nitrogens is 1. The highest BCUT2D eigenvalue weighted by Crippen LogP contribution is 2.21. The van der Waals surface area contributed by atoms with E-state index in [1.54, 1.807) is 31.3 Å². The topological polar surface area (TPSA) is 71.1 Å². The monoisotopic (exact) mass is 371 g/mol. The predicted molar refractivity (Wildman–Crippen MR) is 103 cm³/mol. The molecule has 0 saturated heterocycles. The van der Waals surface area contributed by atoms with Crippen LogP contribution >= 0.6 is 0 Å². The van der Waals surface area contributed by atoms with Crippen LogP contribution in [0.5, 0.6) is 0 Å². The van der Waals surface area contributed by atoms with Crippen LogP contribution in [0.25, 0.3) is 0 Å². The molecule has 5 nitrogen and oxygen atoms in total. The number of carbonyl (C=O) groups is 2. The van der Waals surface area contributed by atoms with E-state index in [2.05, 4.69) is 15.6 Å². The minimum absolute atomic E-state index is 0.123. The summed E-state index contributed by atoms with van der Waals surface area (Å²) in [5.41, 5.74) is 1.72. The number of rotatable bonds is 6. The van der Waals surface area contributed by atoms with Crippen LogP contribution in [0.15, 0.2) is 42.5 Å². The van der Waals surface area contributed by atoms with E-state index in [0.29, 0.717) is 18.5 Å². The van der Waals surface area contributed by atoms with Gasteiger partial charge in [-0.15, -0.1) is 0 Å². The fourth-order valence-corrected chi connectivity index (χ4v) is 2.74. The summed E-state index contributed by atoms with van der Waals surface area (Å²) >= 11 is 0. The molecule has 1 aromatic heterocycles. The molecule has 0 unspecified atom stereocenters. The van der Waals surface area contributed by atoms with Crippen molar-refractivity contribution in [2.45, 2.75) is 39.7 Å². The van der Waals surface area contributed by atoms with Crippen LogP contribution in [0.1, 0.15) is 48.9 Å². The third-order valence-corrected chi connectivity index (χ3v) is 4.02. The Kier molecular flexibility index (Phi) is 6.66. The third-order valence-electron chi connectivity index (χ3n) is 4.02. The maximum atomic E-state index is 13.0. The van der Waals surface area contributed by atoms with Crippen LogP contribution < -0.4 is 10.6 Å². The zero-order chi connectivity index (χ0) is 20.0. The van der Waals surface area contributed by atoms with Gasteiger partial charge in [0.1, 0.15) is 17.6 Å². The first kappa shape index (κ1) is 20.6. The zero-order valence-electron chi connectivity index (χ0n) is 16.2. The molecule has 0 radical (unpaired) electrons. The minimum atomic E-state index is -0.634. The molecule has 0 saturated carbocycles. The van der Waals surface area contributed by atoms with Crippen molar-refractivity contribution in [3.8, 4) is 0 Å². The van der Waals surface area contributed by atoms with Crippen molar-refractivity contribution in [2.24, 2.45) is 5.41 Å². The van der Waals surface area contributed by atoms with Crippen LogP contribution in [0.2, 0.25) is 0 Å². The molecule has 0 fully saturated rings. The molecule has 1 aromatic carbocycles. The summed E-state index contributed by atoms with van der Waals surface area (Å²) in [5, 5.41) is 5.36. The lowest BCUT2D eigenvalue weighted by atomic mass is 9.87. The minimum Gasteiger partial charge on any atom is -0.357 e. The summed E-state index contributed by atoms with van der Waals surface area (Å²) in [5.74, 6) is -0.923. The van der Waals surface area contributed by atoms with E-state index in [0.717, 1.165) is 5.56 Å². The molecule has 0 aliphatic rings. The molecule has 0 aliphatic carbocycles. The highest BCUT2D eigenvalue weighted by molar-refractivity contribution is 5.96. The second-order valence-corrected chi connectivity index (χ2v) is 7.72. The molecule has 0 spiro atoms. The van der Waals surface area contributed by atoms with Crippen molar-refractivity contribution in [1.82, 2.24) is 15.6 Å². The molecule has 0 aliphatic heterocycles. The quantitative estimate of drug-likeness (QED) is 0.820. The van der Waals surface area contributed by atoms with Crippen LogP contribution in [-0.4, -0.2) is 29.9 Å². The molecule has 2 N–H and O–H groups in total. The van der Waals surface area contributed by atoms with Gasteiger partial charge in [0.25, 0.3) is 5.91 Å².